The molecule has 2 aliphatic heterocycles. The summed E-state index contributed by atoms with van der Waals surface area (Å²) < 4.78 is 7.22. The molecule has 2 aliphatic rings. The van der Waals surface area contributed by atoms with Gasteiger partial charge in [-0.15, -0.1) is 0 Å². The number of fused-ring (bicyclic) bond motifs is 1. The average Bonchev–Trinajstić information content (AvgIpc) is 3.35. The summed E-state index contributed by atoms with van der Waals surface area (Å²) >= 11 is 0. The molecule has 1 unspecified atom stereocenters. The molecule has 10 nitrogen and oxygen atoms in total. The van der Waals surface area contributed by atoms with Gasteiger partial charge in [0.25, 0.3) is 5.91 Å². The van der Waals surface area contributed by atoms with Crippen LogP contribution in [0.5, 0.6) is 0 Å². The molecule has 0 saturated carbocycles. The van der Waals surface area contributed by atoms with E-state index in [-0.39, 0.29) is 5.57 Å². The van der Waals surface area contributed by atoms with Gasteiger partial charge in [-0.3, -0.25) is 4.79 Å². The molecule has 0 aliphatic carbocycles. The quantitative estimate of drug-likeness (QED) is 0.266. The summed E-state index contributed by atoms with van der Waals surface area (Å²) in [4.78, 5) is 17.7. The van der Waals surface area contributed by atoms with Crippen molar-refractivity contribution in [3.63, 3.8) is 0 Å². The van der Waals surface area contributed by atoms with Crippen molar-refractivity contribution in [3.8, 4) is 17.3 Å². The van der Waals surface area contributed by atoms with Crippen LogP contribution in [0.4, 0.5) is 5.69 Å². The molecule has 3 aromatic rings. The molecule has 2 fully saturated rings. The fourth-order valence-electron chi connectivity index (χ4n) is 5.58. The van der Waals surface area contributed by atoms with Crippen LogP contribution in [0.25, 0.3) is 28.1 Å². The number of ether oxygens (including phenoxy) is 1. The van der Waals surface area contributed by atoms with Crippen molar-refractivity contribution in [2.75, 3.05) is 38.1 Å². The lowest BCUT2D eigenvalue weighted by molar-refractivity contribution is -0.247. The van der Waals surface area contributed by atoms with Crippen LogP contribution in [-0.2, 0) is 16.6 Å². The highest BCUT2D eigenvalue weighted by atomic mass is 16.6. The molecule has 5 atom stereocenters. The summed E-state index contributed by atoms with van der Waals surface area (Å²) in [7, 11) is 4.01. The van der Waals surface area contributed by atoms with E-state index in [0.717, 1.165) is 48.2 Å². The molecule has 0 spiro atoms. The lowest BCUT2D eigenvalue weighted by Gasteiger charge is -2.40. The maximum Gasteiger partial charge on any atom is 0.262 e. The van der Waals surface area contributed by atoms with Gasteiger partial charge >= 0.3 is 0 Å². The van der Waals surface area contributed by atoms with E-state index < -0.39 is 36.6 Å². The molecule has 0 bridgehead atoms. The van der Waals surface area contributed by atoms with E-state index in [0.29, 0.717) is 12.1 Å². The van der Waals surface area contributed by atoms with Gasteiger partial charge in [0.2, 0.25) is 0 Å². The normalized spacial score (nSPS) is 25.7. The van der Waals surface area contributed by atoms with Crippen molar-refractivity contribution in [2.45, 2.75) is 44.0 Å². The Bertz CT molecular complexity index is 1490. The Balaban J connectivity index is 1.33. The third-order valence-electron chi connectivity index (χ3n) is 8.23. The number of likely N-dealkylation sites (N-methyl/N-ethyl adjacent to an activating group) is 1. The number of nitrogens with zero attached hydrogens (tertiary/aromatic N) is 4. The minimum Gasteiger partial charge on any atom is -0.388 e. The fourth-order valence-corrected chi connectivity index (χ4v) is 5.58. The van der Waals surface area contributed by atoms with Gasteiger partial charge in [0.05, 0.1) is 6.10 Å². The number of benzene rings is 2. The van der Waals surface area contributed by atoms with Gasteiger partial charge in [0.1, 0.15) is 29.9 Å². The van der Waals surface area contributed by atoms with E-state index in [4.69, 9.17) is 4.74 Å². The van der Waals surface area contributed by atoms with Gasteiger partial charge in [-0.2, -0.15) is 5.26 Å². The first-order chi connectivity index (χ1) is 19.7. The molecule has 1 amide bonds. The Morgan fingerprint density at radius 1 is 1.02 bits per heavy atom. The van der Waals surface area contributed by atoms with Crippen LogP contribution < -0.4 is 10.2 Å². The highest BCUT2D eigenvalue weighted by Gasteiger charge is 2.44. The van der Waals surface area contributed by atoms with Crippen LogP contribution in [-0.4, -0.2) is 94.6 Å². The van der Waals surface area contributed by atoms with Crippen LogP contribution >= 0.6 is 0 Å². The summed E-state index contributed by atoms with van der Waals surface area (Å²) in [6, 6.07) is 17.2. The van der Waals surface area contributed by atoms with E-state index in [9.17, 15) is 25.4 Å². The topological polar surface area (TPSA) is 134 Å². The van der Waals surface area contributed by atoms with E-state index >= 15 is 0 Å². The van der Waals surface area contributed by atoms with E-state index in [1.54, 1.807) is 6.92 Å². The van der Waals surface area contributed by atoms with Crippen molar-refractivity contribution < 1.29 is 24.9 Å². The zero-order valence-electron chi connectivity index (χ0n) is 23.6. The van der Waals surface area contributed by atoms with Crippen molar-refractivity contribution in [3.05, 3.63) is 59.8 Å². The maximum absolute atomic E-state index is 12.9. The lowest BCUT2D eigenvalue weighted by atomic mass is 9.95. The van der Waals surface area contributed by atoms with Gasteiger partial charge in [-0.05, 0) is 66.2 Å². The predicted molar refractivity (Wildman–Crippen MR) is 157 cm³/mol. The van der Waals surface area contributed by atoms with Crippen LogP contribution in [0.3, 0.4) is 0 Å². The second-order valence-corrected chi connectivity index (χ2v) is 10.9. The molecule has 41 heavy (non-hydrogen) atoms. The molecule has 4 N–H and O–H groups in total. The molecule has 1 aromatic heterocycles. The molecular weight excluding hydrogens is 522 g/mol. The van der Waals surface area contributed by atoms with Crippen LogP contribution in [0.2, 0.25) is 0 Å². The highest BCUT2D eigenvalue weighted by molar-refractivity contribution is 6.02. The summed E-state index contributed by atoms with van der Waals surface area (Å²) in [5.41, 5.74) is 3.56. The zero-order valence-corrected chi connectivity index (χ0v) is 23.6. The highest BCUT2D eigenvalue weighted by Crippen LogP contribution is 2.29. The number of piperazine rings is 1. The Hall–Kier alpha value is -3.72. The number of aliphatic hydroxyl groups is 3. The van der Waals surface area contributed by atoms with Crippen molar-refractivity contribution >= 4 is 28.4 Å². The first-order valence-electron chi connectivity index (χ1n) is 14.0. The molecule has 216 valence electrons. The number of nitrogens with one attached hydrogen (secondary N) is 1. The van der Waals surface area contributed by atoms with Gasteiger partial charge in [0.15, 0.2) is 6.29 Å². The minimum atomic E-state index is -1.52. The van der Waals surface area contributed by atoms with E-state index in [2.05, 4.69) is 58.6 Å². The summed E-state index contributed by atoms with van der Waals surface area (Å²) in [5.74, 6) is -0.786. The number of carbonyl (C=O) groups is 1. The Morgan fingerprint density at radius 2 is 1.73 bits per heavy atom. The van der Waals surface area contributed by atoms with Crippen molar-refractivity contribution in [2.24, 2.45) is 7.05 Å². The standard InChI is InChI=1S/C31H37N5O5/c1-4-26-28(37)29(38)27(31(40)41-26)33-30(39)22(18-32)17-23-9-10-25(35(23)3)21-6-5-20-16-24(8-7-19(20)15-21)36-13-11-34(2)12-14-36/h5-10,15-17,26-29,31,37-38,40H,4,11-14H2,1-3H3,(H,33,39)/b22-17+/t26-,27-,28-,29-,31?/m1/s1. The molecule has 2 saturated heterocycles. The van der Waals surface area contributed by atoms with Crippen molar-refractivity contribution in [1.29, 1.82) is 5.26 Å². The maximum atomic E-state index is 12.9. The van der Waals surface area contributed by atoms with Gasteiger partial charge in [0, 0.05) is 50.3 Å². The second kappa shape index (κ2) is 12.0. The van der Waals surface area contributed by atoms with Crippen molar-refractivity contribution in [1.82, 2.24) is 14.8 Å². The van der Waals surface area contributed by atoms with E-state index in [1.165, 1.54) is 11.8 Å². The molecular formula is C31H37N5O5. The Kier molecular flexibility index (Phi) is 8.45. The smallest absolute Gasteiger partial charge is 0.262 e. The number of hydrogen-bond acceptors (Lipinski definition) is 8. The number of aromatic nitrogens is 1. The number of rotatable bonds is 6. The molecule has 0 radical (unpaired) electrons. The Morgan fingerprint density at radius 3 is 2.44 bits per heavy atom. The second-order valence-electron chi connectivity index (χ2n) is 10.9. The zero-order chi connectivity index (χ0) is 29.3. The van der Waals surface area contributed by atoms with Crippen LogP contribution in [0, 0.1) is 11.3 Å². The number of amides is 1. The summed E-state index contributed by atoms with van der Waals surface area (Å²) in [6.07, 6.45) is -3.16. The van der Waals surface area contributed by atoms with Gasteiger partial charge in [-0.1, -0.05) is 25.1 Å². The minimum absolute atomic E-state index is 0.209. The Labute approximate surface area is 239 Å². The predicted octanol–water partition coefficient (Wildman–Crippen LogP) is 1.84. The lowest BCUT2D eigenvalue weighted by Crippen LogP contribution is -2.63. The number of nitriles is 1. The average molecular weight is 560 g/mol. The molecule has 10 heteroatoms. The van der Waals surface area contributed by atoms with Crippen LogP contribution in [0.1, 0.15) is 19.0 Å². The van der Waals surface area contributed by atoms with Crippen LogP contribution in [0.15, 0.2) is 54.1 Å². The largest absolute Gasteiger partial charge is 0.388 e. The number of carbonyl (C=O) groups excluding carboxylic acids is 1. The fraction of sp³-hybridized carbons (Fsp3) is 0.419. The third-order valence-corrected chi connectivity index (χ3v) is 8.23. The molecule has 2 aromatic carbocycles. The SMILES string of the molecule is CC[C@H]1OC(O)[C@H](NC(=O)/C(C#N)=C/c2ccc(-c3ccc4cc(N5CCN(C)CC5)ccc4c3)n2C)[C@@H](O)[C@@H]1O. The van der Waals surface area contributed by atoms with Gasteiger partial charge in [-0.25, -0.2) is 0 Å². The van der Waals surface area contributed by atoms with Gasteiger partial charge < -0.3 is 39.7 Å². The summed E-state index contributed by atoms with van der Waals surface area (Å²) in [6.45, 7) is 5.88. The first-order valence-corrected chi connectivity index (χ1v) is 14.0. The monoisotopic (exact) mass is 559 g/mol. The third kappa shape index (κ3) is 5.86. The molecule has 3 heterocycles. The number of hydrogen-bond donors (Lipinski definition) is 4. The number of aliphatic hydroxyl groups excluding tert-OH is 3. The number of anilines is 1. The molecule has 5 rings (SSSR count). The first kappa shape index (κ1) is 28.8. The van der Waals surface area contributed by atoms with E-state index in [1.807, 2.05) is 29.8 Å². The summed E-state index contributed by atoms with van der Waals surface area (Å²) in [5, 5.41) is 45.4.